The average molecular weight is 619 g/mol. The summed E-state index contributed by atoms with van der Waals surface area (Å²) in [7, 11) is 3.22. The highest BCUT2D eigenvalue weighted by Gasteiger charge is 2.38. The minimum absolute atomic E-state index is 0.0717. The van der Waals surface area contributed by atoms with E-state index in [1.54, 1.807) is 20.5 Å². The number of benzene rings is 2. The van der Waals surface area contributed by atoms with E-state index in [2.05, 4.69) is 20.2 Å². The molecule has 3 heterocycles. The molecule has 2 aliphatic rings. The van der Waals surface area contributed by atoms with Crippen LogP contribution in [0.5, 0.6) is 11.5 Å². The van der Waals surface area contributed by atoms with Gasteiger partial charge in [0.05, 0.1) is 25.5 Å². The number of piperazine rings is 1. The van der Waals surface area contributed by atoms with Gasteiger partial charge in [-0.25, -0.2) is 15.0 Å². The highest BCUT2D eigenvalue weighted by Crippen LogP contribution is 2.41. The van der Waals surface area contributed by atoms with Gasteiger partial charge < -0.3 is 24.6 Å². The Bertz CT molecular complexity index is 1540. The molecule has 1 atom stereocenters. The first-order chi connectivity index (χ1) is 21.8. The number of anilines is 2. The molecular formula is C34H37F3N6O2. The number of halogens is 3. The van der Waals surface area contributed by atoms with Crippen LogP contribution in [0.3, 0.4) is 0 Å². The summed E-state index contributed by atoms with van der Waals surface area (Å²) < 4.78 is 54.0. The minimum atomic E-state index is -4.53. The van der Waals surface area contributed by atoms with Crippen molar-refractivity contribution in [3.8, 4) is 11.5 Å². The van der Waals surface area contributed by atoms with Gasteiger partial charge in [0.25, 0.3) is 0 Å². The maximum Gasteiger partial charge on any atom is 0.418 e. The van der Waals surface area contributed by atoms with Gasteiger partial charge in [0.2, 0.25) is 0 Å². The van der Waals surface area contributed by atoms with Gasteiger partial charge in [-0.3, -0.25) is 0 Å². The van der Waals surface area contributed by atoms with E-state index in [0.29, 0.717) is 38.2 Å². The third kappa shape index (κ3) is 6.98. The number of aromatic nitrogens is 3. The Balaban J connectivity index is 1.34. The highest BCUT2D eigenvalue weighted by molar-refractivity contribution is 5.52. The van der Waals surface area contributed by atoms with Crippen LogP contribution in [0.1, 0.15) is 46.0 Å². The summed E-state index contributed by atoms with van der Waals surface area (Å²) in [6.07, 6.45) is -1.47. The molecule has 1 saturated heterocycles. The second-order valence-electron chi connectivity index (χ2n) is 11.5. The fourth-order valence-electron chi connectivity index (χ4n) is 6.22. The minimum Gasteiger partial charge on any atom is -0.497 e. The molecule has 0 bridgehead atoms. The fourth-order valence-corrected chi connectivity index (χ4v) is 6.22. The van der Waals surface area contributed by atoms with Gasteiger partial charge in [0, 0.05) is 56.4 Å². The van der Waals surface area contributed by atoms with Crippen molar-refractivity contribution in [2.24, 2.45) is 0 Å². The smallest absolute Gasteiger partial charge is 0.418 e. The first-order valence-corrected chi connectivity index (χ1v) is 15.2. The fraction of sp³-hybridized carbons (Fsp3) is 0.382. The normalized spacial score (nSPS) is 16.6. The number of pyridine rings is 1. The van der Waals surface area contributed by atoms with Crippen molar-refractivity contribution >= 4 is 11.6 Å². The number of alkyl halides is 3. The third-order valence-electron chi connectivity index (χ3n) is 8.60. The lowest BCUT2D eigenvalue weighted by Crippen LogP contribution is -2.44. The Hall–Kier alpha value is -4.38. The second-order valence-corrected chi connectivity index (χ2v) is 11.5. The van der Waals surface area contributed by atoms with Gasteiger partial charge in [-0.2, -0.15) is 13.2 Å². The van der Waals surface area contributed by atoms with E-state index in [9.17, 15) is 13.2 Å². The molecule has 0 saturated carbocycles. The molecule has 1 N–H and O–H groups in total. The first-order valence-electron chi connectivity index (χ1n) is 15.2. The van der Waals surface area contributed by atoms with Gasteiger partial charge in [-0.1, -0.05) is 24.3 Å². The van der Waals surface area contributed by atoms with Crippen molar-refractivity contribution in [2.75, 3.05) is 50.2 Å². The van der Waals surface area contributed by atoms with Crippen LogP contribution in [0.25, 0.3) is 0 Å². The molecule has 8 nitrogen and oxygen atoms in total. The zero-order valence-electron chi connectivity index (χ0n) is 25.5. The number of hydrogen-bond donors (Lipinski definition) is 1. The summed E-state index contributed by atoms with van der Waals surface area (Å²) in [6, 6.07) is 18.0. The molecule has 1 aliphatic heterocycles. The number of nitrogens with one attached hydrogen (secondary N) is 1. The van der Waals surface area contributed by atoms with E-state index in [1.807, 2.05) is 53.4 Å². The van der Waals surface area contributed by atoms with Gasteiger partial charge in [-0.05, 0) is 66.8 Å². The molecule has 1 fully saturated rings. The van der Waals surface area contributed by atoms with Crippen molar-refractivity contribution in [1.82, 2.24) is 20.3 Å². The van der Waals surface area contributed by atoms with Crippen LogP contribution in [0.2, 0.25) is 0 Å². The zero-order chi connectivity index (χ0) is 31.4. The molecule has 11 heteroatoms. The van der Waals surface area contributed by atoms with Gasteiger partial charge in [-0.15, -0.1) is 0 Å². The predicted molar refractivity (Wildman–Crippen MR) is 167 cm³/mol. The van der Waals surface area contributed by atoms with Crippen LogP contribution >= 0.6 is 0 Å². The third-order valence-corrected chi connectivity index (χ3v) is 8.60. The number of fused-ring (bicyclic) bond motifs is 1. The quantitative estimate of drug-likeness (QED) is 0.253. The lowest BCUT2D eigenvalue weighted by molar-refractivity contribution is -0.138. The molecular weight excluding hydrogens is 581 g/mol. The number of ether oxygens (including phenoxy) is 2. The number of rotatable bonds is 9. The Labute approximate surface area is 261 Å². The summed E-state index contributed by atoms with van der Waals surface area (Å²) in [6.45, 7) is 4.32. The van der Waals surface area contributed by atoms with Crippen LogP contribution in [0, 0.1) is 0 Å². The maximum atomic E-state index is 14.5. The second kappa shape index (κ2) is 13.3. The molecule has 4 aromatic rings. The van der Waals surface area contributed by atoms with Gasteiger partial charge in [0.15, 0.2) is 0 Å². The van der Waals surface area contributed by atoms with E-state index in [1.165, 1.54) is 12.1 Å². The molecule has 0 amide bonds. The van der Waals surface area contributed by atoms with E-state index in [4.69, 9.17) is 14.5 Å². The topological polar surface area (TPSA) is 75.6 Å². The van der Waals surface area contributed by atoms with Crippen molar-refractivity contribution in [3.63, 3.8) is 0 Å². The van der Waals surface area contributed by atoms with Gasteiger partial charge >= 0.3 is 6.18 Å². The first kappa shape index (κ1) is 30.6. The lowest BCUT2D eigenvalue weighted by Gasteiger charge is -2.33. The SMILES string of the molecule is COc1ccc(CN(Cc2ccc(OC)cc2)c2ccc(C(F)(F)F)c(C3CCc4c(ncnc4N4CCNCC4)C3)n2)cc1. The molecule has 2 aromatic carbocycles. The molecule has 1 aliphatic carbocycles. The molecule has 1 unspecified atom stereocenters. The highest BCUT2D eigenvalue weighted by atomic mass is 19.4. The molecule has 0 spiro atoms. The summed E-state index contributed by atoms with van der Waals surface area (Å²) >= 11 is 0. The monoisotopic (exact) mass is 618 g/mol. The van der Waals surface area contributed by atoms with E-state index in [0.717, 1.165) is 65.9 Å². The molecule has 45 heavy (non-hydrogen) atoms. The van der Waals surface area contributed by atoms with E-state index >= 15 is 0 Å². The van der Waals surface area contributed by atoms with Crippen LogP contribution in [-0.2, 0) is 32.1 Å². The van der Waals surface area contributed by atoms with Crippen molar-refractivity contribution < 1.29 is 22.6 Å². The average Bonchev–Trinajstić information content (AvgIpc) is 3.08. The Morgan fingerprint density at radius 2 is 1.49 bits per heavy atom. The van der Waals surface area contributed by atoms with E-state index in [-0.39, 0.29) is 5.69 Å². The summed E-state index contributed by atoms with van der Waals surface area (Å²) in [5.74, 6) is 2.43. The summed E-state index contributed by atoms with van der Waals surface area (Å²) in [4.78, 5) is 18.2. The predicted octanol–water partition coefficient (Wildman–Crippen LogP) is 5.80. The van der Waals surface area contributed by atoms with Crippen molar-refractivity contribution in [1.29, 1.82) is 0 Å². The largest absolute Gasteiger partial charge is 0.497 e. The standard InChI is InChI=1S/C34H37F3N6O2/c1-44-26-8-3-23(4-9-26)20-43(21-24-5-10-27(45-2)11-6-24)31-14-13-29(34(35,36)37)32(41-31)25-7-12-28-30(19-25)39-22-40-33(28)42-17-15-38-16-18-42/h3-6,8-11,13-14,22,25,38H,7,12,15-21H2,1-2H3. The van der Waals surface area contributed by atoms with Crippen LogP contribution in [0.15, 0.2) is 67.0 Å². The van der Waals surface area contributed by atoms with E-state index < -0.39 is 17.7 Å². The van der Waals surface area contributed by atoms with Crippen LogP contribution in [0.4, 0.5) is 24.8 Å². The molecule has 0 radical (unpaired) electrons. The molecule has 236 valence electrons. The van der Waals surface area contributed by atoms with Gasteiger partial charge in [0.1, 0.15) is 29.5 Å². The molecule has 2 aromatic heterocycles. The lowest BCUT2D eigenvalue weighted by atomic mass is 9.83. The number of nitrogens with zero attached hydrogens (tertiary/aromatic N) is 5. The van der Waals surface area contributed by atoms with Crippen molar-refractivity contribution in [2.45, 2.75) is 44.4 Å². The maximum absolute atomic E-state index is 14.5. The zero-order valence-corrected chi connectivity index (χ0v) is 25.5. The van der Waals surface area contributed by atoms with Crippen molar-refractivity contribution in [3.05, 3.63) is 101 Å². The number of hydrogen-bond acceptors (Lipinski definition) is 8. The summed E-state index contributed by atoms with van der Waals surface area (Å²) in [5, 5.41) is 3.35. The Morgan fingerprint density at radius 1 is 0.867 bits per heavy atom. The van der Waals surface area contributed by atoms with Crippen LogP contribution in [-0.4, -0.2) is 55.4 Å². The summed E-state index contributed by atoms with van der Waals surface area (Å²) in [5.41, 5.74) is 3.20. The van der Waals surface area contributed by atoms with Crippen LogP contribution < -0.4 is 24.6 Å². The molecule has 6 rings (SSSR count). The number of methoxy groups -OCH3 is 2. The Kier molecular flexibility index (Phi) is 9.07. The Morgan fingerprint density at radius 3 is 2.07 bits per heavy atom.